The number of rotatable bonds is 2. The van der Waals surface area contributed by atoms with Crippen LogP contribution in [-0.2, 0) is 0 Å². The maximum atomic E-state index is 13.5. The molecule has 1 amide bonds. The van der Waals surface area contributed by atoms with Crippen molar-refractivity contribution in [1.82, 2.24) is 0 Å². The lowest BCUT2D eigenvalue weighted by Crippen LogP contribution is -2.15. The molecule has 0 radical (unpaired) electrons. The number of benzene rings is 2. The number of nitriles is 1. The number of carbonyl (C=O) groups excluding carboxylic acids is 1. The summed E-state index contributed by atoms with van der Waals surface area (Å²) in [5, 5.41) is 11.6. The van der Waals surface area contributed by atoms with E-state index in [4.69, 9.17) is 16.9 Å². The van der Waals surface area contributed by atoms with Crippen LogP contribution in [-0.4, -0.2) is 5.91 Å². The summed E-state index contributed by atoms with van der Waals surface area (Å²) in [6, 6.07) is 9.39. The van der Waals surface area contributed by atoms with Crippen LogP contribution in [0, 0.1) is 23.0 Å². The van der Waals surface area contributed by atoms with Gasteiger partial charge in [0.05, 0.1) is 16.8 Å². The van der Waals surface area contributed by atoms with Gasteiger partial charge in [0.25, 0.3) is 5.91 Å². The van der Waals surface area contributed by atoms with E-state index in [0.29, 0.717) is 5.02 Å². The topological polar surface area (TPSA) is 52.9 Å². The summed E-state index contributed by atoms with van der Waals surface area (Å²) in [6.45, 7) is 0. The molecule has 3 nitrogen and oxygen atoms in total. The minimum atomic E-state index is -1.24. The molecule has 0 heterocycles. The Labute approximate surface area is 118 Å². The van der Waals surface area contributed by atoms with Gasteiger partial charge in [-0.25, -0.2) is 8.78 Å². The Bertz CT molecular complexity index is 726. The van der Waals surface area contributed by atoms with Crippen LogP contribution >= 0.6 is 11.6 Å². The molecule has 2 aromatic rings. The van der Waals surface area contributed by atoms with E-state index in [-0.39, 0.29) is 11.3 Å². The standard InChI is InChI=1S/C14H7ClF2N2O/c15-9-5-4-8(7-18)12(6-9)19-14(20)10-2-1-3-11(16)13(10)17/h1-6H,(H,19,20). The molecule has 20 heavy (non-hydrogen) atoms. The van der Waals surface area contributed by atoms with E-state index < -0.39 is 23.1 Å². The molecule has 0 aromatic heterocycles. The third-order valence-electron chi connectivity index (χ3n) is 2.55. The second-order valence-corrected chi connectivity index (χ2v) is 4.29. The van der Waals surface area contributed by atoms with E-state index in [1.165, 1.54) is 24.3 Å². The third-order valence-corrected chi connectivity index (χ3v) is 2.78. The smallest absolute Gasteiger partial charge is 0.258 e. The highest BCUT2D eigenvalue weighted by atomic mass is 35.5. The fraction of sp³-hybridized carbons (Fsp3) is 0. The predicted octanol–water partition coefficient (Wildman–Crippen LogP) is 3.74. The van der Waals surface area contributed by atoms with E-state index >= 15 is 0 Å². The van der Waals surface area contributed by atoms with Crippen molar-refractivity contribution >= 4 is 23.2 Å². The first-order chi connectivity index (χ1) is 9.52. The van der Waals surface area contributed by atoms with Gasteiger partial charge in [-0.1, -0.05) is 17.7 Å². The van der Waals surface area contributed by atoms with Crippen molar-refractivity contribution in [3.63, 3.8) is 0 Å². The van der Waals surface area contributed by atoms with Crippen molar-refractivity contribution < 1.29 is 13.6 Å². The van der Waals surface area contributed by atoms with Gasteiger partial charge in [0.15, 0.2) is 11.6 Å². The van der Waals surface area contributed by atoms with E-state index in [0.717, 1.165) is 12.1 Å². The lowest BCUT2D eigenvalue weighted by molar-refractivity contribution is 0.102. The summed E-state index contributed by atoms with van der Waals surface area (Å²) in [5.74, 6) is -3.23. The van der Waals surface area contributed by atoms with E-state index in [9.17, 15) is 13.6 Å². The van der Waals surface area contributed by atoms with Crippen LogP contribution in [0.4, 0.5) is 14.5 Å². The summed E-state index contributed by atoms with van der Waals surface area (Å²) in [6.07, 6.45) is 0. The molecule has 0 aliphatic heterocycles. The minimum absolute atomic E-state index is 0.133. The lowest BCUT2D eigenvalue weighted by atomic mass is 10.1. The second kappa shape index (κ2) is 5.68. The summed E-state index contributed by atoms with van der Waals surface area (Å²) in [5.41, 5.74) is -0.151. The Morgan fingerprint density at radius 1 is 1.25 bits per heavy atom. The number of anilines is 1. The predicted molar refractivity (Wildman–Crippen MR) is 70.5 cm³/mol. The van der Waals surface area contributed by atoms with Gasteiger partial charge in [0.2, 0.25) is 0 Å². The molecule has 0 aliphatic rings. The van der Waals surface area contributed by atoms with Crippen molar-refractivity contribution in [3.8, 4) is 6.07 Å². The van der Waals surface area contributed by atoms with Gasteiger partial charge >= 0.3 is 0 Å². The molecule has 100 valence electrons. The molecular formula is C14H7ClF2N2O. The van der Waals surface area contributed by atoms with Crippen LogP contribution in [0.25, 0.3) is 0 Å². The van der Waals surface area contributed by atoms with E-state index in [1.807, 2.05) is 6.07 Å². The molecule has 0 saturated heterocycles. The van der Waals surface area contributed by atoms with Crippen LogP contribution in [0.1, 0.15) is 15.9 Å². The quantitative estimate of drug-likeness (QED) is 0.916. The maximum absolute atomic E-state index is 13.5. The first-order valence-corrected chi connectivity index (χ1v) is 5.85. The van der Waals surface area contributed by atoms with Crippen LogP contribution in [0.2, 0.25) is 5.02 Å². The number of amides is 1. The van der Waals surface area contributed by atoms with Crippen molar-refractivity contribution in [2.75, 3.05) is 5.32 Å². The normalized spacial score (nSPS) is 9.90. The Kier molecular flexibility index (Phi) is 3.97. The Morgan fingerprint density at radius 2 is 2.00 bits per heavy atom. The molecule has 0 atom stereocenters. The van der Waals surface area contributed by atoms with Crippen LogP contribution < -0.4 is 5.32 Å². The fourth-order valence-electron chi connectivity index (χ4n) is 1.59. The molecule has 1 N–H and O–H groups in total. The average molecular weight is 293 g/mol. The molecule has 2 aromatic carbocycles. The zero-order chi connectivity index (χ0) is 14.7. The highest BCUT2D eigenvalue weighted by Crippen LogP contribution is 2.22. The van der Waals surface area contributed by atoms with Crippen molar-refractivity contribution in [2.24, 2.45) is 0 Å². The molecule has 0 aliphatic carbocycles. The summed E-state index contributed by atoms with van der Waals surface area (Å²) >= 11 is 5.76. The molecule has 0 saturated carbocycles. The molecular weight excluding hydrogens is 286 g/mol. The number of nitrogens with zero attached hydrogens (tertiary/aromatic N) is 1. The van der Waals surface area contributed by atoms with Gasteiger partial charge in [-0.3, -0.25) is 4.79 Å². The zero-order valence-electron chi connectivity index (χ0n) is 9.95. The Morgan fingerprint density at radius 3 is 2.70 bits per heavy atom. The first kappa shape index (κ1) is 14.0. The highest BCUT2D eigenvalue weighted by molar-refractivity contribution is 6.31. The molecule has 0 fully saturated rings. The number of halogens is 3. The average Bonchev–Trinajstić information content (AvgIpc) is 2.42. The van der Waals surface area contributed by atoms with E-state index in [1.54, 1.807) is 0 Å². The SMILES string of the molecule is N#Cc1ccc(Cl)cc1NC(=O)c1cccc(F)c1F. The third kappa shape index (κ3) is 2.76. The second-order valence-electron chi connectivity index (χ2n) is 3.86. The molecule has 2 rings (SSSR count). The number of nitrogens with one attached hydrogen (secondary N) is 1. The number of hydrogen-bond donors (Lipinski definition) is 1. The van der Waals surface area contributed by atoms with Crippen molar-refractivity contribution in [1.29, 1.82) is 5.26 Å². The van der Waals surface area contributed by atoms with E-state index in [2.05, 4.69) is 5.32 Å². The largest absolute Gasteiger partial charge is 0.321 e. The molecule has 6 heteroatoms. The summed E-state index contributed by atoms with van der Waals surface area (Å²) in [7, 11) is 0. The zero-order valence-corrected chi connectivity index (χ0v) is 10.7. The highest BCUT2D eigenvalue weighted by Gasteiger charge is 2.16. The Balaban J connectivity index is 2.35. The number of hydrogen-bond acceptors (Lipinski definition) is 2. The summed E-state index contributed by atoms with van der Waals surface area (Å²) < 4.78 is 26.5. The van der Waals surface area contributed by atoms with Crippen LogP contribution in [0.5, 0.6) is 0 Å². The molecule has 0 spiro atoms. The van der Waals surface area contributed by atoms with Gasteiger partial charge in [-0.2, -0.15) is 5.26 Å². The lowest BCUT2D eigenvalue weighted by Gasteiger charge is -2.08. The first-order valence-electron chi connectivity index (χ1n) is 5.48. The minimum Gasteiger partial charge on any atom is -0.321 e. The fourth-order valence-corrected chi connectivity index (χ4v) is 1.76. The van der Waals surface area contributed by atoms with Gasteiger partial charge in [-0.05, 0) is 30.3 Å². The Hall–Kier alpha value is -2.45. The summed E-state index contributed by atoms with van der Waals surface area (Å²) in [4.78, 5) is 11.9. The van der Waals surface area contributed by atoms with Gasteiger partial charge < -0.3 is 5.32 Å². The molecule has 0 bridgehead atoms. The van der Waals surface area contributed by atoms with Crippen molar-refractivity contribution in [3.05, 3.63) is 64.2 Å². The van der Waals surface area contributed by atoms with Crippen LogP contribution in [0.3, 0.4) is 0 Å². The van der Waals surface area contributed by atoms with Gasteiger partial charge in [0, 0.05) is 5.02 Å². The van der Waals surface area contributed by atoms with Gasteiger partial charge in [0.1, 0.15) is 6.07 Å². The van der Waals surface area contributed by atoms with Gasteiger partial charge in [-0.15, -0.1) is 0 Å². The number of carbonyl (C=O) groups is 1. The van der Waals surface area contributed by atoms with Crippen molar-refractivity contribution in [2.45, 2.75) is 0 Å². The maximum Gasteiger partial charge on any atom is 0.258 e. The molecule has 0 unspecified atom stereocenters. The van der Waals surface area contributed by atoms with Crippen LogP contribution in [0.15, 0.2) is 36.4 Å². The monoisotopic (exact) mass is 292 g/mol.